The fraction of sp³-hybridized carbons (Fsp3) is 0.0909. The number of para-hydroxylation sites is 1. The number of rotatable bonds is 4. The largest absolute Gasteiger partial charge is 0.465 e. The number of hydrogen-bond acceptors (Lipinski definition) is 5. The molecule has 0 bridgehead atoms. The Morgan fingerprint density at radius 1 is 1.00 bits per heavy atom. The SMILES string of the molecule is COC(=O)c1ccccc1NC(=O)c1cnn2c(C(F)(F)F)cc(-c3ccccc3)nc12. The summed E-state index contributed by atoms with van der Waals surface area (Å²) in [4.78, 5) is 29.1. The van der Waals surface area contributed by atoms with Crippen LogP contribution in [0, 0.1) is 0 Å². The highest BCUT2D eigenvalue weighted by molar-refractivity contribution is 6.10. The van der Waals surface area contributed by atoms with E-state index in [1.807, 2.05) is 0 Å². The third-order valence-electron chi connectivity index (χ3n) is 4.66. The van der Waals surface area contributed by atoms with E-state index in [1.165, 1.54) is 19.2 Å². The van der Waals surface area contributed by atoms with Crippen LogP contribution in [0.5, 0.6) is 0 Å². The van der Waals surface area contributed by atoms with E-state index in [9.17, 15) is 22.8 Å². The fourth-order valence-electron chi connectivity index (χ4n) is 3.15. The number of carbonyl (C=O) groups excluding carboxylic acids is 2. The van der Waals surface area contributed by atoms with Crippen LogP contribution < -0.4 is 5.32 Å². The summed E-state index contributed by atoms with van der Waals surface area (Å²) in [7, 11) is 1.19. The second-order valence-electron chi connectivity index (χ2n) is 6.68. The van der Waals surface area contributed by atoms with Crippen LogP contribution in [0.3, 0.4) is 0 Å². The number of hydrogen-bond donors (Lipinski definition) is 1. The molecule has 0 aliphatic carbocycles. The van der Waals surface area contributed by atoms with Gasteiger partial charge < -0.3 is 10.1 Å². The number of fused-ring (bicyclic) bond motifs is 1. The smallest absolute Gasteiger partial charge is 0.433 e. The molecule has 32 heavy (non-hydrogen) atoms. The van der Waals surface area contributed by atoms with Gasteiger partial charge in [-0.15, -0.1) is 0 Å². The number of alkyl halides is 3. The van der Waals surface area contributed by atoms with Crippen molar-refractivity contribution in [2.45, 2.75) is 6.18 Å². The highest BCUT2D eigenvalue weighted by Crippen LogP contribution is 2.33. The average Bonchev–Trinajstić information content (AvgIpc) is 3.22. The van der Waals surface area contributed by atoms with Crippen molar-refractivity contribution in [1.82, 2.24) is 14.6 Å². The summed E-state index contributed by atoms with van der Waals surface area (Å²) in [5, 5.41) is 6.26. The lowest BCUT2D eigenvalue weighted by molar-refractivity contribution is -0.142. The van der Waals surface area contributed by atoms with Gasteiger partial charge in [0, 0.05) is 5.56 Å². The van der Waals surface area contributed by atoms with Gasteiger partial charge in [0.05, 0.1) is 30.3 Å². The fourth-order valence-corrected chi connectivity index (χ4v) is 3.15. The van der Waals surface area contributed by atoms with Crippen LogP contribution >= 0.6 is 0 Å². The number of ether oxygens (including phenoxy) is 1. The molecule has 2 heterocycles. The number of carbonyl (C=O) groups is 2. The molecule has 10 heteroatoms. The average molecular weight is 440 g/mol. The normalized spacial score (nSPS) is 11.4. The van der Waals surface area contributed by atoms with Crippen LogP contribution in [0.1, 0.15) is 26.4 Å². The minimum Gasteiger partial charge on any atom is -0.465 e. The molecule has 1 N–H and O–H groups in total. The molecule has 2 aromatic heterocycles. The van der Waals surface area contributed by atoms with Crippen molar-refractivity contribution in [1.29, 1.82) is 0 Å². The molecule has 0 atom stereocenters. The number of amides is 1. The predicted molar refractivity (Wildman–Crippen MR) is 109 cm³/mol. The highest BCUT2D eigenvalue weighted by atomic mass is 19.4. The molecule has 0 radical (unpaired) electrons. The minimum absolute atomic E-state index is 0.0370. The molecule has 0 spiro atoms. The van der Waals surface area contributed by atoms with E-state index in [1.54, 1.807) is 42.5 Å². The van der Waals surface area contributed by atoms with Gasteiger partial charge in [-0.2, -0.15) is 18.3 Å². The second-order valence-corrected chi connectivity index (χ2v) is 6.68. The summed E-state index contributed by atoms with van der Waals surface area (Å²) in [6.45, 7) is 0. The molecule has 0 fully saturated rings. The van der Waals surface area contributed by atoms with Gasteiger partial charge in [0.25, 0.3) is 5.91 Å². The molecule has 2 aromatic carbocycles. The number of methoxy groups -OCH3 is 1. The molecular formula is C22H15F3N4O3. The molecule has 0 unspecified atom stereocenters. The summed E-state index contributed by atoms with van der Waals surface area (Å²) in [6.07, 6.45) is -3.73. The van der Waals surface area contributed by atoms with Crippen LogP contribution in [0.2, 0.25) is 0 Å². The standard InChI is InChI=1S/C22H15F3N4O3/c1-32-21(31)14-9-5-6-10-16(14)28-20(30)15-12-26-29-18(22(23,24)25)11-17(27-19(15)29)13-7-3-2-4-8-13/h2-12H,1H3,(H,28,30). The molecule has 4 rings (SSSR count). The van der Waals surface area contributed by atoms with Crippen molar-refractivity contribution in [3.05, 3.63) is 83.7 Å². The number of benzene rings is 2. The van der Waals surface area contributed by atoms with E-state index in [-0.39, 0.29) is 28.2 Å². The van der Waals surface area contributed by atoms with E-state index < -0.39 is 23.7 Å². The number of esters is 1. The van der Waals surface area contributed by atoms with E-state index in [2.05, 4.69) is 15.4 Å². The summed E-state index contributed by atoms with van der Waals surface area (Å²) in [5.41, 5.74) is -0.818. The van der Waals surface area contributed by atoms with Gasteiger partial charge in [0.15, 0.2) is 11.3 Å². The Hall–Kier alpha value is -4.21. The summed E-state index contributed by atoms with van der Waals surface area (Å²) < 4.78 is 46.4. The first-order chi connectivity index (χ1) is 15.3. The predicted octanol–water partition coefficient (Wildman–Crippen LogP) is 4.45. The van der Waals surface area contributed by atoms with E-state index >= 15 is 0 Å². The van der Waals surface area contributed by atoms with Gasteiger partial charge in [0.1, 0.15) is 5.56 Å². The topological polar surface area (TPSA) is 85.6 Å². The number of nitrogens with one attached hydrogen (secondary N) is 1. The van der Waals surface area contributed by atoms with Crippen molar-refractivity contribution < 1.29 is 27.5 Å². The van der Waals surface area contributed by atoms with Crippen LogP contribution in [0.15, 0.2) is 66.9 Å². The number of anilines is 1. The molecule has 7 nitrogen and oxygen atoms in total. The Bertz CT molecular complexity index is 1320. The lowest BCUT2D eigenvalue weighted by Gasteiger charge is -2.12. The molecule has 0 saturated heterocycles. The highest BCUT2D eigenvalue weighted by Gasteiger charge is 2.36. The zero-order valence-electron chi connectivity index (χ0n) is 16.6. The van der Waals surface area contributed by atoms with Crippen LogP contribution in [0.25, 0.3) is 16.9 Å². The second kappa shape index (κ2) is 8.14. The van der Waals surface area contributed by atoms with Crippen molar-refractivity contribution in [2.24, 2.45) is 0 Å². The Balaban J connectivity index is 1.82. The first kappa shape index (κ1) is 21.0. The van der Waals surface area contributed by atoms with Crippen LogP contribution in [0.4, 0.5) is 18.9 Å². The van der Waals surface area contributed by atoms with E-state index in [0.29, 0.717) is 10.1 Å². The number of aromatic nitrogens is 3. The van der Waals surface area contributed by atoms with E-state index in [0.717, 1.165) is 12.3 Å². The Morgan fingerprint density at radius 3 is 2.38 bits per heavy atom. The minimum atomic E-state index is -4.73. The Kier molecular flexibility index (Phi) is 5.35. The Labute approximate surface area is 179 Å². The van der Waals surface area contributed by atoms with E-state index in [4.69, 9.17) is 4.74 Å². The maximum atomic E-state index is 13.7. The molecule has 0 aliphatic rings. The van der Waals surface area contributed by atoms with Gasteiger partial charge in [0.2, 0.25) is 0 Å². The van der Waals surface area contributed by atoms with Crippen LogP contribution in [-0.2, 0) is 10.9 Å². The number of halogens is 3. The Morgan fingerprint density at radius 2 is 1.69 bits per heavy atom. The third kappa shape index (κ3) is 3.89. The molecule has 1 amide bonds. The van der Waals surface area contributed by atoms with Crippen molar-refractivity contribution >= 4 is 23.2 Å². The number of nitrogens with zero attached hydrogens (tertiary/aromatic N) is 3. The molecule has 0 saturated carbocycles. The summed E-state index contributed by atoms with van der Waals surface area (Å²) in [6, 6.07) is 15.3. The summed E-state index contributed by atoms with van der Waals surface area (Å²) in [5.74, 6) is -1.45. The van der Waals surface area contributed by atoms with Gasteiger partial charge in [-0.1, -0.05) is 42.5 Å². The zero-order chi connectivity index (χ0) is 22.9. The molecule has 162 valence electrons. The maximum absolute atomic E-state index is 13.7. The van der Waals surface area contributed by atoms with Crippen molar-refractivity contribution in [3.8, 4) is 11.3 Å². The van der Waals surface area contributed by atoms with Gasteiger partial charge in [-0.3, -0.25) is 4.79 Å². The summed E-state index contributed by atoms with van der Waals surface area (Å²) >= 11 is 0. The molecule has 4 aromatic rings. The molecular weight excluding hydrogens is 425 g/mol. The monoisotopic (exact) mass is 440 g/mol. The van der Waals surface area contributed by atoms with Gasteiger partial charge in [-0.25, -0.2) is 14.3 Å². The first-order valence-corrected chi connectivity index (χ1v) is 9.29. The lowest BCUT2D eigenvalue weighted by Crippen LogP contribution is -2.17. The van der Waals surface area contributed by atoms with Gasteiger partial charge >= 0.3 is 12.1 Å². The molecule has 0 aliphatic heterocycles. The lowest BCUT2D eigenvalue weighted by atomic mass is 10.1. The zero-order valence-corrected chi connectivity index (χ0v) is 16.6. The first-order valence-electron chi connectivity index (χ1n) is 9.29. The van der Waals surface area contributed by atoms with Crippen molar-refractivity contribution in [3.63, 3.8) is 0 Å². The maximum Gasteiger partial charge on any atom is 0.433 e. The van der Waals surface area contributed by atoms with Crippen molar-refractivity contribution in [2.75, 3.05) is 12.4 Å². The van der Waals surface area contributed by atoms with Gasteiger partial charge in [-0.05, 0) is 18.2 Å². The quantitative estimate of drug-likeness (QED) is 0.474. The van der Waals surface area contributed by atoms with Crippen LogP contribution in [-0.4, -0.2) is 33.6 Å². The third-order valence-corrected chi connectivity index (χ3v) is 4.66.